The van der Waals surface area contributed by atoms with Gasteiger partial charge in [0.25, 0.3) is 0 Å². The third-order valence-corrected chi connectivity index (χ3v) is 4.68. The maximum Gasteiger partial charge on any atom is 0.0651 e. The molecular formula is C19H30O. The Morgan fingerprint density at radius 3 is 2.30 bits per heavy atom. The average Bonchev–Trinajstić information content (AvgIpc) is 2.43. The average molecular weight is 274 g/mol. The van der Waals surface area contributed by atoms with Crippen molar-refractivity contribution < 1.29 is 5.11 Å². The molecule has 1 aliphatic rings. The van der Waals surface area contributed by atoms with Crippen LogP contribution in [-0.4, -0.2) is 10.7 Å². The third-order valence-electron chi connectivity index (χ3n) is 4.68. The van der Waals surface area contributed by atoms with Gasteiger partial charge in [-0.2, -0.15) is 0 Å². The minimum atomic E-state index is -0.383. The molecule has 0 heterocycles. The Hall–Kier alpha value is -0.820. The van der Waals surface area contributed by atoms with Crippen molar-refractivity contribution >= 4 is 0 Å². The fourth-order valence-electron chi connectivity index (χ4n) is 3.45. The molecule has 2 rings (SSSR count). The van der Waals surface area contributed by atoms with E-state index in [4.69, 9.17) is 0 Å². The molecule has 112 valence electrons. The van der Waals surface area contributed by atoms with E-state index >= 15 is 0 Å². The number of rotatable bonds is 6. The van der Waals surface area contributed by atoms with Gasteiger partial charge in [-0.05, 0) is 56.6 Å². The summed E-state index contributed by atoms with van der Waals surface area (Å²) in [5.41, 5.74) is 3.86. The van der Waals surface area contributed by atoms with E-state index in [0.29, 0.717) is 0 Å². The summed E-state index contributed by atoms with van der Waals surface area (Å²) in [6, 6.07) is 6.96. The summed E-state index contributed by atoms with van der Waals surface area (Å²) in [6.45, 7) is 4.43. The molecule has 1 aromatic rings. The molecule has 1 N–H and O–H groups in total. The van der Waals surface area contributed by atoms with Crippen molar-refractivity contribution in [2.45, 2.75) is 83.7 Å². The first-order valence-corrected chi connectivity index (χ1v) is 8.43. The van der Waals surface area contributed by atoms with E-state index in [9.17, 15) is 5.11 Å². The second-order valence-electron chi connectivity index (χ2n) is 6.72. The summed E-state index contributed by atoms with van der Waals surface area (Å²) in [7, 11) is 0. The quantitative estimate of drug-likeness (QED) is 0.777. The van der Waals surface area contributed by atoms with Crippen molar-refractivity contribution in [2.75, 3.05) is 0 Å². The minimum Gasteiger partial charge on any atom is -0.390 e. The van der Waals surface area contributed by atoms with Gasteiger partial charge in [0.1, 0.15) is 0 Å². The van der Waals surface area contributed by atoms with Crippen molar-refractivity contribution in [1.82, 2.24) is 0 Å². The molecule has 1 aliphatic carbocycles. The molecule has 1 saturated carbocycles. The summed E-state index contributed by atoms with van der Waals surface area (Å²) >= 11 is 0. The Labute approximate surface area is 124 Å². The van der Waals surface area contributed by atoms with E-state index in [1.165, 1.54) is 55.2 Å². The highest BCUT2D eigenvalue weighted by Crippen LogP contribution is 2.32. The van der Waals surface area contributed by atoms with Crippen molar-refractivity contribution in [2.24, 2.45) is 0 Å². The number of hydrogen-bond acceptors (Lipinski definition) is 1. The fraction of sp³-hybridized carbons (Fsp3) is 0.684. The first kappa shape index (κ1) is 15.6. The predicted octanol–water partition coefficient (Wildman–Crippen LogP) is 4.97. The van der Waals surface area contributed by atoms with Gasteiger partial charge in [0.2, 0.25) is 0 Å². The molecule has 1 fully saturated rings. The largest absolute Gasteiger partial charge is 0.390 e. The molecule has 0 amide bonds. The van der Waals surface area contributed by atoms with Crippen LogP contribution >= 0.6 is 0 Å². The first-order valence-electron chi connectivity index (χ1n) is 8.43. The SMILES string of the molecule is CCCCc1cc(C)cc(CCC2(O)CCCCC2)c1. The van der Waals surface area contributed by atoms with Gasteiger partial charge >= 0.3 is 0 Å². The smallest absolute Gasteiger partial charge is 0.0651 e. The van der Waals surface area contributed by atoms with Crippen LogP contribution in [-0.2, 0) is 12.8 Å². The van der Waals surface area contributed by atoms with Crippen LogP contribution in [0.2, 0.25) is 0 Å². The molecule has 0 radical (unpaired) electrons. The number of aliphatic hydroxyl groups is 1. The highest BCUT2D eigenvalue weighted by molar-refractivity contribution is 5.29. The molecule has 0 unspecified atom stereocenters. The van der Waals surface area contributed by atoms with Gasteiger partial charge < -0.3 is 5.11 Å². The summed E-state index contributed by atoms with van der Waals surface area (Å²) < 4.78 is 0. The Morgan fingerprint density at radius 1 is 1.00 bits per heavy atom. The lowest BCUT2D eigenvalue weighted by atomic mass is 9.81. The van der Waals surface area contributed by atoms with Crippen LogP contribution < -0.4 is 0 Å². The van der Waals surface area contributed by atoms with E-state index in [0.717, 1.165) is 25.7 Å². The van der Waals surface area contributed by atoms with Crippen LogP contribution in [0, 0.1) is 6.92 Å². The molecule has 1 heteroatoms. The number of aryl methyl sites for hydroxylation is 3. The summed E-state index contributed by atoms with van der Waals surface area (Å²) in [5.74, 6) is 0. The second-order valence-corrected chi connectivity index (χ2v) is 6.72. The van der Waals surface area contributed by atoms with Gasteiger partial charge in [0, 0.05) is 0 Å². The van der Waals surface area contributed by atoms with Crippen LogP contribution in [0.25, 0.3) is 0 Å². The van der Waals surface area contributed by atoms with Gasteiger partial charge in [-0.25, -0.2) is 0 Å². The second kappa shape index (κ2) is 7.26. The third kappa shape index (κ3) is 4.63. The molecular weight excluding hydrogens is 244 g/mol. The molecule has 0 aromatic heterocycles. The number of benzene rings is 1. The van der Waals surface area contributed by atoms with E-state index < -0.39 is 0 Å². The van der Waals surface area contributed by atoms with Gasteiger partial charge in [0.15, 0.2) is 0 Å². The fourth-order valence-corrected chi connectivity index (χ4v) is 3.45. The Morgan fingerprint density at radius 2 is 1.65 bits per heavy atom. The Bertz CT molecular complexity index is 416. The first-order chi connectivity index (χ1) is 9.61. The van der Waals surface area contributed by atoms with E-state index in [1.54, 1.807) is 0 Å². The standard InChI is InChI=1S/C19H30O/c1-3-4-8-17-13-16(2)14-18(15-17)9-12-19(20)10-6-5-7-11-19/h13-15,20H,3-12H2,1-2H3. The Balaban J connectivity index is 1.96. The van der Waals surface area contributed by atoms with Crippen molar-refractivity contribution in [3.05, 3.63) is 34.9 Å². The molecule has 1 aromatic carbocycles. The lowest BCUT2D eigenvalue weighted by molar-refractivity contribution is -0.00342. The summed E-state index contributed by atoms with van der Waals surface area (Å²) in [6.07, 6.45) is 11.4. The van der Waals surface area contributed by atoms with Crippen LogP contribution in [0.5, 0.6) is 0 Å². The van der Waals surface area contributed by atoms with Crippen LogP contribution in [0.3, 0.4) is 0 Å². The molecule has 0 atom stereocenters. The van der Waals surface area contributed by atoms with E-state index in [1.807, 2.05) is 0 Å². The number of hydrogen-bond donors (Lipinski definition) is 1. The lowest BCUT2D eigenvalue weighted by Gasteiger charge is -2.32. The van der Waals surface area contributed by atoms with Crippen molar-refractivity contribution in [3.8, 4) is 0 Å². The monoisotopic (exact) mass is 274 g/mol. The molecule has 20 heavy (non-hydrogen) atoms. The molecule has 0 saturated heterocycles. The highest BCUT2D eigenvalue weighted by atomic mass is 16.3. The summed E-state index contributed by atoms with van der Waals surface area (Å²) in [5, 5.41) is 10.6. The molecule has 0 spiro atoms. The van der Waals surface area contributed by atoms with Gasteiger partial charge in [0.05, 0.1) is 5.60 Å². The molecule has 0 aliphatic heterocycles. The zero-order valence-electron chi connectivity index (χ0n) is 13.3. The van der Waals surface area contributed by atoms with Crippen molar-refractivity contribution in [1.29, 1.82) is 0 Å². The van der Waals surface area contributed by atoms with Crippen molar-refractivity contribution in [3.63, 3.8) is 0 Å². The predicted molar refractivity (Wildman–Crippen MR) is 86.1 cm³/mol. The Kier molecular flexibility index (Phi) is 5.65. The topological polar surface area (TPSA) is 20.2 Å². The highest BCUT2D eigenvalue weighted by Gasteiger charge is 2.28. The molecule has 0 bridgehead atoms. The van der Waals surface area contributed by atoms with Crippen LogP contribution in [0.15, 0.2) is 18.2 Å². The summed E-state index contributed by atoms with van der Waals surface area (Å²) in [4.78, 5) is 0. The number of unbranched alkanes of at least 4 members (excludes halogenated alkanes) is 1. The minimum absolute atomic E-state index is 0.383. The van der Waals surface area contributed by atoms with Crippen LogP contribution in [0.1, 0.15) is 75.0 Å². The van der Waals surface area contributed by atoms with Gasteiger partial charge in [-0.1, -0.05) is 56.4 Å². The van der Waals surface area contributed by atoms with E-state index in [2.05, 4.69) is 32.0 Å². The normalized spacial score (nSPS) is 18.1. The maximum atomic E-state index is 10.6. The van der Waals surface area contributed by atoms with E-state index in [-0.39, 0.29) is 5.60 Å². The van der Waals surface area contributed by atoms with Gasteiger partial charge in [-0.15, -0.1) is 0 Å². The molecule has 1 nitrogen and oxygen atoms in total. The lowest BCUT2D eigenvalue weighted by Crippen LogP contribution is -2.31. The van der Waals surface area contributed by atoms with Gasteiger partial charge in [-0.3, -0.25) is 0 Å². The zero-order valence-corrected chi connectivity index (χ0v) is 13.3. The zero-order chi connectivity index (χ0) is 14.4. The maximum absolute atomic E-state index is 10.6. The van der Waals surface area contributed by atoms with Crippen LogP contribution in [0.4, 0.5) is 0 Å².